The van der Waals surface area contributed by atoms with Gasteiger partial charge in [-0.3, -0.25) is 20.4 Å². The normalized spacial score (nSPS) is 10.1. The summed E-state index contributed by atoms with van der Waals surface area (Å²) in [5, 5.41) is 0. The predicted molar refractivity (Wildman–Crippen MR) is 104 cm³/mol. The average Bonchev–Trinajstić information content (AvgIpc) is 2.73. The third-order valence-corrected chi connectivity index (χ3v) is 4.09. The molecule has 0 aliphatic rings. The first-order valence-electron chi connectivity index (χ1n) is 8.54. The third kappa shape index (κ3) is 4.73. The van der Waals surface area contributed by atoms with Crippen LogP contribution in [0.4, 0.5) is 0 Å². The maximum atomic E-state index is 12.2. The molecule has 0 unspecified atom stereocenters. The summed E-state index contributed by atoms with van der Waals surface area (Å²) >= 11 is 0. The zero-order valence-corrected chi connectivity index (χ0v) is 14.9. The van der Waals surface area contributed by atoms with Crippen LogP contribution in [0.25, 0.3) is 11.1 Å². The van der Waals surface area contributed by atoms with Crippen molar-refractivity contribution in [1.29, 1.82) is 0 Å². The number of rotatable bonds is 5. The van der Waals surface area contributed by atoms with Crippen LogP contribution < -0.4 is 15.6 Å². The minimum atomic E-state index is -0.430. The molecule has 0 aliphatic carbocycles. The van der Waals surface area contributed by atoms with E-state index < -0.39 is 5.91 Å². The Labute approximate surface area is 158 Å². The number of amides is 2. The maximum absolute atomic E-state index is 12.2. The molecule has 0 aliphatic heterocycles. The number of benzene rings is 3. The minimum absolute atomic E-state index is 0.168. The van der Waals surface area contributed by atoms with Crippen LogP contribution in [0.1, 0.15) is 15.9 Å². The van der Waals surface area contributed by atoms with Gasteiger partial charge in [-0.1, -0.05) is 66.7 Å². The molecule has 3 aromatic rings. The fourth-order valence-electron chi connectivity index (χ4n) is 2.70. The Morgan fingerprint density at radius 2 is 1.41 bits per heavy atom. The lowest BCUT2D eigenvalue weighted by molar-refractivity contribution is -0.121. The molecular weight excluding hydrogens is 340 g/mol. The Morgan fingerprint density at radius 3 is 2.11 bits per heavy atom. The summed E-state index contributed by atoms with van der Waals surface area (Å²) in [6.45, 7) is 0. The first kappa shape index (κ1) is 18.2. The van der Waals surface area contributed by atoms with Crippen molar-refractivity contribution in [2.24, 2.45) is 0 Å². The second kappa shape index (κ2) is 8.67. The van der Waals surface area contributed by atoms with E-state index in [0.29, 0.717) is 11.3 Å². The van der Waals surface area contributed by atoms with E-state index in [1.165, 1.54) is 7.11 Å². The molecule has 0 fully saturated rings. The van der Waals surface area contributed by atoms with Crippen molar-refractivity contribution in [3.05, 3.63) is 90.0 Å². The van der Waals surface area contributed by atoms with Gasteiger partial charge in [-0.05, 0) is 28.8 Å². The molecule has 0 bridgehead atoms. The molecule has 0 spiro atoms. The van der Waals surface area contributed by atoms with E-state index >= 15 is 0 Å². The van der Waals surface area contributed by atoms with Crippen LogP contribution in [-0.4, -0.2) is 18.9 Å². The van der Waals surface area contributed by atoms with Gasteiger partial charge in [0.15, 0.2) is 0 Å². The molecule has 0 radical (unpaired) electrons. The molecule has 0 aromatic heterocycles. The summed E-state index contributed by atoms with van der Waals surface area (Å²) in [7, 11) is 1.49. The molecule has 0 heterocycles. The van der Waals surface area contributed by atoms with Crippen molar-refractivity contribution in [3.8, 4) is 16.9 Å². The first-order valence-corrected chi connectivity index (χ1v) is 8.54. The van der Waals surface area contributed by atoms with Crippen LogP contribution in [0.2, 0.25) is 0 Å². The minimum Gasteiger partial charge on any atom is -0.496 e. The molecule has 3 rings (SSSR count). The number of methoxy groups -OCH3 is 1. The number of hydrogen-bond acceptors (Lipinski definition) is 3. The highest BCUT2D eigenvalue weighted by Crippen LogP contribution is 2.19. The largest absolute Gasteiger partial charge is 0.496 e. The van der Waals surface area contributed by atoms with E-state index in [1.807, 2.05) is 54.6 Å². The van der Waals surface area contributed by atoms with Gasteiger partial charge in [0.05, 0.1) is 19.1 Å². The molecule has 0 atom stereocenters. The van der Waals surface area contributed by atoms with Crippen molar-refractivity contribution in [2.75, 3.05) is 7.11 Å². The predicted octanol–water partition coefficient (Wildman–Crippen LogP) is 3.37. The van der Waals surface area contributed by atoms with E-state index in [-0.39, 0.29) is 12.3 Å². The zero-order chi connectivity index (χ0) is 19.1. The lowest BCUT2D eigenvalue weighted by Gasteiger charge is -2.10. The molecule has 5 heteroatoms. The maximum Gasteiger partial charge on any atom is 0.273 e. The zero-order valence-electron chi connectivity index (χ0n) is 14.9. The summed E-state index contributed by atoms with van der Waals surface area (Å²) in [6, 6.07) is 24.6. The molecule has 136 valence electrons. The SMILES string of the molecule is COc1ccccc1C(=O)NNC(=O)Cc1ccc(-c2ccccc2)cc1. The second-order valence-electron chi connectivity index (χ2n) is 5.94. The first-order chi connectivity index (χ1) is 13.2. The van der Waals surface area contributed by atoms with E-state index in [9.17, 15) is 9.59 Å². The molecule has 2 N–H and O–H groups in total. The van der Waals surface area contributed by atoms with E-state index in [1.54, 1.807) is 24.3 Å². The fourth-order valence-corrected chi connectivity index (χ4v) is 2.70. The summed E-state index contributed by atoms with van der Waals surface area (Å²) in [4.78, 5) is 24.3. The molecule has 5 nitrogen and oxygen atoms in total. The highest BCUT2D eigenvalue weighted by molar-refractivity contribution is 5.97. The highest BCUT2D eigenvalue weighted by atomic mass is 16.5. The Kier molecular flexibility index (Phi) is 5.84. The molecule has 2 amide bonds. The van der Waals surface area contributed by atoms with Crippen LogP contribution in [0.5, 0.6) is 5.75 Å². The summed E-state index contributed by atoms with van der Waals surface area (Å²) in [6.07, 6.45) is 0.168. The van der Waals surface area contributed by atoms with Gasteiger partial charge >= 0.3 is 0 Å². The van der Waals surface area contributed by atoms with Crippen LogP contribution in [0.15, 0.2) is 78.9 Å². The lowest BCUT2D eigenvalue weighted by Crippen LogP contribution is -2.42. The number of carbonyl (C=O) groups excluding carboxylic acids is 2. The van der Waals surface area contributed by atoms with Crippen LogP contribution in [0, 0.1) is 0 Å². The second-order valence-corrected chi connectivity index (χ2v) is 5.94. The molecular formula is C22H20N2O3. The summed E-state index contributed by atoms with van der Waals surface area (Å²) < 4.78 is 5.14. The number of nitrogens with one attached hydrogen (secondary N) is 2. The number of carbonyl (C=O) groups is 2. The van der Waals surface area contributed by atoms with Gasteiger partial charge in [0.1, 0.15) is 5.75 Å². The number of hydrogen-bond donors (Lipinski definition) is 2. The highest BCUT2D eigenvalue weighted by Gasteiger charge is 2.12. The van der Waals surface area contributed by atoms with Crippen molar-refractivity contribution in [3.63, 3.8) is 0 Å². The average molecular weight is 360 g/mol. The molecule has 27 heavy (non-hydrogen) atoms. The van der Waals surface area contributed by atoms with E-state index in [0.717, 1.165) is 16.7 Å². The Hall–Kier alpha value is -3.60. The van der Waals surface area contributed by atoms with Crippen LogP contribution in [-0.2, 0) is 11.2 Å². The summed E-state index contributed by atoms with van der Waals surface area (Å²) in [5.41, 5.74) is 8.27. The summed E-state index contributed by atoms with van der Waals surface area (Å²) in [5.74, 6) is -0.285. The van der Waals surface area contributed by atoms with Gasteiger partial charge in [0.2, 0.25) is 5.91 Å². The van der Waals surface area contributed by atoms with Crippen LogP contribution >= 0.6 is 0 Å². The van der Waals surface area contributed by atoms with Crippen molar-refractivity contribution >= 4 is 11.8 Å². The topological polar surface area (TPSA) is 67.4 Å². The smallest absolute Gasteiger partial charge is 0.273 e. The van der Waals surface area contributed by atoms with Crippen LogP contribution in [0.3, 0.4) is 0 Å². The molecule has 3 aromatic carbocycles. The molecule has 0 saturated heterocycles. The van der Waals surface area contributed by atoms with E-state index in [2.05, 4.69) is 10.9 Å². The molecule has 0 saturated carbocycles. The van der Waals surface area contributed by atoms with E-state index in [4.69, 9.17) is 4.74 Å². The van der Waals surface area contributed by atoms with Gasteiger partial charge < -0.3 is 4.74 Å². The quantitative estimate of drug-likeness (QED) is 0.686. The monoisotopic (exact) mass is 360 g/mol. The lowest BCUT2D eigenvalue weighted by atomic mass is 10.0. The van der Waals surface area contributed by atoms with Gasteiger partial charge in [-0.15, -0.1) is 0 Å². The third-order valence-electron chi connectivity index (χ3n) is 4.09. The number of hydrazine groups is 1. The Bertz CT molecular complexity index is 922. The Balaban J connectivity index is 1.56. The number of ether oxygens (including phenoxy) is 1. The van der Waals surface area contributed by atoms with Crippen molar-refractivity contribution in [1.82, 2.24) is 10.9 Å². The van der Waals surface area contributed by atoms with Gasteiger partial charge in [0, 0.05) is 0 Å². The Morgan fingerprint density at radius 1 is 0.778 bits per heavy atom. The van der Waals surface area contributed by atoms with Crippen molar-refractivity contribution in [2.45, 2.75) is 6.42 Å². The number of para-hydroxylation sites is 1. The standard InChI is InChI=1S/C22H20N2O3/c1-27-20-10-6-5-9-19(20)22(26)24-23-21(25)15-16-11-13-18(14-12-16)17-7-3-2-4-8-17/h2-14H,15H2,1H3,(H,23,25)(H,24,26). The van der Waals surface area contributed by atoms with Crippen molar-refractivity contribution < 1.29 is 14.3 Å². The van der Waals surface area contributed by atoms with Gasteiger partial charge in [-0.2, -0.15) is 0 Å². The van der Waals surface area contributed by atoms with Gasteiger partial charge in [0.25, 0.3) is 5.91 Å². The fraction of sp³-hybridized carbons (Fsp3) is 0.0909. The van der Waals surface area contributed by atoms with Gasteiger partial charge in [-0.25, -0.2) is 0 Å².